The van der Waals surface area contributed by atoms with Crippen LogP contribution >= 0.6 is 0 Å². The number of rotatable bonds is 4. The highest BCUT2D eigenvalue weighted by Crippen LogP contribution is 2.23. The standard InChI is InChI=1S/C24H24N4O2/c1-16-10-12-17(13-11-16)19-14-23(30)28-21-9-5-4-8-20(21)27(24(28)26-19)15-22(29)25-18-6-2-3-7-18/h4-5,8-14,18H,2-3,6-7,15H2,1H3,(H,25,29). The second-order valence-corrected chi connectivity index (χ2v) is 8.10. The number of amides is 1. The van der Waals surface area contributed by atoms with Crippen LogP contribution < -0.4 is 10.9 Å². The number of para-hydroxylation sites is 2. The Morgan fingerprint density at radius 1 is 1.07 bits per heavy atom. The topological polar surface area (TPSA) is 68.4 Å². The molecule has 4 aromatic rings. The molecule has 30 heavy (non-hydrogen) atoms. The van der Waals surface area contributed by atoms with Crippen LogP contribution in [0, 0.1) is 6.92 Å². The number of imidazole rings is 1. The maximum Gasteiger partial charge on any atom is 0.260 e. The van der Waals surface area contributed by atoms with Crippen LogP contribution in [0.1, 0.15) is 31.2 Å². The summed E-state index contributed by atoms with van der Waals surface area (Å²) in [6, 6.07) is 17.4. The van der Waals surface area contributed by atoms with Gasteiger partial charge in [-0.3, -0.25) is 9.59 Å². The first-order valence-electron chi connectivity index (χ1n) is 10.5. The number of hydrogen-bond acceptors (Lipinski definition) is 3. The number of benzene rings is 2. The van der Waals surface area contributed by atoms with Gasteiger partial charge in [-0.15, -0.1) is 0 Å². The van der Waals surface area contributed by atoms with E-state index in [-0.39, 0.29) is 24.1 Å². The van der Waals surface area contributed by atoms with Gasteiger partial charge in [-0.1, -0.05) is 54.8 Å². The van der Waals surface area contributed by atoms with E-state index in [1.54, 1.807) is 10.5 Å². The highest BCUT2D eigenvalue weighted by atomic mass is 16.2. The van der Waals surface area contributed by atoms with Crippen LogP contribution in [0.25, 0.3) is 28.1 Å². The molecule has 0 bridgehead atoms. The van der Waals surface area contributed by atoms with Gasteiger partial charge in [0.1, 0.15) is 6.54 Å². The van der Waals surface area contributed by atoms with E-state index in [4.69, 9.17) is 4.98 Å². The van der Waals surface area contributed by atoms with Gasteiger partial charge in [0.15, 0.2) is 0 Å². The van der Waals surface area contributed by atoms with Crippen molar-refractivity contribution in [2.45, 2.75) is 45.2 Å². The van der Waals surface area contributed by atoms with E-state index < -0.39 is 0 Å². The van der Waals surface area contributed by atoms with Gasteiger partial charge < -0.3 is 9.88 Å². The lowest BCUT2D eigenvalue weighted by molar-refractivity contribution is -0.122. The molecule has 0 unspecified atom stereocenters. The number of fused-ring (bicyclic) bond motifs is 3. The molecule has 0 spiro atoms. The number of hydrogen-bond donors (Lipinski definition) is 1. The quantitative estimate of drug-likeness (QED) is 0.568. The van der Waals surface area contributed by atoms with Crippen LogP contribution in [0.15, 0.2) is 59.4 Å². The lowest BCUT2D eigenvalue weighted by Gasteiger charge is -2.13. The van der Waals surface area contributed by atoms with E-state index in [1.807, 2.05) is 60.0 Å². The Morgan fingerprint density at radius 2 is 1.77 bits per heavy atom. The molecule has 6 heteroatoms. The van der Waals surface area contributed by atoms with Crippen LogP contribution in [0.3, 0.4) is 0 Å². The van der Waals surface area contributed by atoms with Crippen LogP contribution in [0.4, 0.5) is 0 Å². The molecule has 2 heterocycles. The SMILES string of the molecule is Cc1ccc(-c2cc(=O)n3c4ccccc4n(CC(=O)NC4CCCC4)c3n2)cc1. The maximum atomic E-state index is 13.0. The fourth-order valence-corrected chi connectivity index (χ4v) is 4.38. The molecule has 0 saturated heterocycles. The first-order chi connectivity index (χ1) is 14.6. The van der Waals surface area contributed by atoms with Crippen molar-refractivity contribution in [1.29, 1.82) is 0 Å². The molecule has 2 aromatic heterocycles. The minimum absolute atomic E-state index is 0.0415. The van der Waals surface area contributed by atoms with Gasteiger partial charge in [0.25, 0.3) is 5.56 Å². The van der Waals surface area contributed by atoms with Crippen molar-refractivity contribution in [3.05, 3.63) is 70.5 Å². The van der Waals surface area contributed by atoms with Crippen molar-refractivity contribution in [2.24, 2.45) is 0 Å². The molecule has 2 aromatic carbocycles. The van der Waals surface area contributed by atoms with Gasteiger partial charge in [0, 0.05) is 17.7 Å². The smallest absolute Gasteiger partial charge is 0.260 e. The third-order valence-corrected chi connectivity index (χ3v) is 5.93. The minimum atomic E-state index is -0.151. The highest BCUT2D eigenvalue weighted by molar-refractivity contribution is 5.85. The number of aryl methyl sites for hydroxylation is 1. The highest BCUT2D eigenvalue weighted by Gasteiger charge is 2.20. The van der Waals surface area contributed by atoms with Crippen LogP contribution in [0.5, 0.6) is 0 Å². The molecule has 152 valence electrons. The summed E-state index contributed by atoms with van der Waals surface area (Å²) in [7, 11) is 0. The normalized spacial score (nSPS) is 14.6. The Balaban J connectivity index is 1.64. The van der Waals surface area contributed by atoms with Crippen LogP contribution in [-0.4, -0.2) is 25.9 Å². The van der Waals surface area contributed by atoms with E-state index in [2.05, 4.69) is 5.32 Å². The lowest BCUT2D eigenvalue weighted by Crippen LogP contribution is -2.35. The molecule has 1 aliphatic rings. The molecule has 0 aliphatic heterocycles. The number of aromatic nitrogens is 3. The molecule has 6 nitrogen and oxygen atoms in total. The summed E-state index contributed by atoms with van der Waals surface area (Å²) in [5, 5.41) is 3.14. The summed E-state index contributed by atoms with van der Waals surface area (Å²) in [6.45, 7) is 2.16. The second kappa shape index (κ2) is 7.44. The zero-order chi connectivity index (χ0) is 20.7. The monoisotopic (exact) mass is 400 g/mol. The largest absolute Gasteiger partial charge is 0.352 e. The zero-order valence-electron chi connectivity index (χ0n) is 17.0. The Hall–Kier alpha value is -3.41. The number of nitrogens with zero attached hydrogens (tertiary/aromatic N) is 3. The van der Waals surface area contributed by atoms with Crippen molar-refractivity contribution in [2.75, 3.05) is 0 Å². The predicted molar refractivity (Wildman–Crippen MR) is 118 cm³/mol. The summed E-state index contributed by atoms with van der Waals surface area (Å²) in [5.74, 6) is 0.445. The summed E-state index contributed by atoms with van der Waals surface area (Å²) in [4.78, 5) is 30.6. The third kappa shape index (κ3) is 3.28. The molecule has 1 saturated carbocycles. The third-order valence-electron chi connectivity index (χ3n) is 5.93. The van der Waals surface area contributed by atoms with Gasteiger partial charge in [-0.2, -0.15) is 0 Å². The van der Waals surface area contributed by atoms with E-state index in [0.29, 0.717) is 11.5 Å². The zero-order valence-corrected chi connectivity index (χ0v) is 17.0. The van der Waals surface area contributed by atoms with Gasteiger partial charge in [-0.05, 0) is 31.9 Å². The molecule has 1 N–H and O–H groups in total. The molecule has 1 aliphatic carbocycles. The summed E-state index contributed by atoms with van der Waals surface area (Å²) in [6.07, 6.45) is 4.40. The van der Waals surface area contributed by atoms with E-state index >= 15 is 0 Å². The Bertz CT molecular complexity index is 1290. The Labute approximate surface area is 174 Å². The van der Waals surface area contributed by atoms with E-state index in [0.717, 1.165) is 47.8 Å². The molecule has 0 radical (unpaired) electrons. The van der Waals surface area contributed by atoms with E-state index in [9.17, 15) is 9.59 Å². The first kappa shape index (κ1) is 18.6. The first-order valence-corrected chi connectivity index (χ1v) is 10.5. The average molecular weight is 400 g/mol. The molecule has 1 fully saturated rings. The van der Waals surface area contributed by atoms with Crippen LogP contribution in [0.2, 0.25) is 0 Å². The summed E-state index contributed by atoms with van der Waals surface area (Å²) in [5.41, 5.74) is 4.07. The van der Waals surface area contributed by atoms with Crippen molar-refractivity contribution in [3.63, 3.8) is 0 Å². The Morgan fingerprint density at radius 3 is 2.50 bits per heavy atom. The summed E-state index contributed by atoms with van der Waals surface area (Å²) < 4.78 is 3.44. The molecular weight excluding hydrogens is 376 g/mol. The van der Waals surface area contributed by atoms with Crippen LogP contribution in [-0.2, 0) is 11.3 Å². The van der Waals surface area contributed by atoms with Crippen molar-refractivity contribution < 1.29 is 4.79 Å². The fourth-order valence-electron chi connectivity index (χ4n) is 4.38. The predicted octanol–water partition coefficient (Wildman–Crippen LogP) is 3.68. The maximum absolute atomic E-state index is 13.0. The van der Waals surface area contributed by atoms with Crippen molar-refractivity contribution in [3.8, 4) is 11.3 Å². The number of nitrogens with one attached hydrogen (secondary N) is 1. The minimum Gasteiger partial charge on any atom is -0.352 e. The Kier molecular flexibility index (Phi) is 4.62. The van der Waals surface area contributed by atoms with Gasteiger partial charge >= 0.3 is 0 Å². The van der Waals surface area contributed by atoms with Gasteiger partial charge in [0.05, 0.1) is 16.7 Å². The fraction of sp³-hybridized carbons (Fsp3) is 0.292. The van der Waals surface area contributed by atoms with E-state index in [1.165, 1.54) is 0 Å². The number of carbonyl (C=O) groups is 1. The van der Waals surface area contributed by atoms with Crippen molar-refractivity contribution >= 4 is 22.7 Å². The number of carbonyl (C=O) groups excluding carboxylic acids is 1. The molecule has 0 atom stereocenters. The molecule has 1 amide bonds. The second-order valence-electron chi connectivity index (χ2n) is 8.10. The van der Waals surface area contributed by atoms with Crippen molar-refractivity contribution in [1.82, 2.24) is 19.3 Å². The van der Waals surface area contributed by atoms with Gasteiger partial charge in [0.2, 0.25) is 11.7 Å². The molecule has 5 rings (SSSR count). The average Bonchev–Trinajstić information content (AvgIpc) is 3.35. The summed E-state index contributed by atoms with van der Waals surface area (Å²) >= 11 is 0. The molecular formula is C24H24N4O2. The lowest BCUT2D eigenvalue weighted by atomic mass is 10.1. The van der Waals surface area contributed by atoms with Gasteiger partial charge in [-0.25, -0.2) is 9.38 Å².